The standard InChI is InChI=1S/C27H28N2O6/c30-23-19-9-1-2-10-20(19)24(31)28(23)15-7-5-13-27(34-17-18-35-27)14-6-8-16-29-25(32)21-11-3-4-12-22(21)26(29)33/h1-4,9-12H,5-8,13-18H2. The molecule has 0 atom stereocenters. The average Bonchev–Trinajstić information content (AvgIpc) is 3.51. The van der Waals surface area contributed by atoms with E-state index in [0.717, 1.165) is 12.8 Å². The fraction of sp³-hybridized carbons (Fsp3) is 0.407. The first-order chi connectivity index (χ1) is 17.0. The summed E-state index contributed by atoms with van der Waals surface area (Å²) in [4.78, 5) is 52.7. The van der Waals surface area contributed by atoms with Gasteiger partial charge in [0.05, 0.1) is 35.5 Å². The molecule has 0 spiro atoms. The van der Waals surface area contributed by atoms with Gasteiger partial charge in [0.25, 0.3) is 23.6 Å². The van der Waals surface area contributed by atoms with Gasteiger partial charge in [-0.2, -0.15) is 0 Å². The van der Waals surface area contributed by atoms with Gasteiger partial charge in [0, 0.05) is 25.9 Å². The van der Waals surface area contributed by atoms with Crippen molar-refractivity contribution in [2.75, 3.05) is 26.3 Å². The number of hydrogen-bond donors (Lipinski definition) is 0. The minimum absolute atomic E-state index is 0.234. The van der Waals surface area contributed by atoms with Crippen molar-refractivity contribution in [3.8, 4) is 0 Å². The Bertz CT molecular complexity index is 1010. The summed E-state index contributed by atoms with van der Waals surface area (Å²) in [5, 5.41) is 0. The summed E-state index contributed by atoms with van der Waals surface area (Å²) in [5.41, 5.74) is 1.87. The van der Waals surface area contributed by atoms with Crippen LogP contribution in [0.15, 0.2) is 48.5 Å². The minimum Gasteiger partial charge on any atom is -0.348 e. The summed E-state index contributed by atoms with van der Waals surface area (Å²) in [6.45, 7) is 1.78. The van der Waals surface area contributed by atoms with Crippen LogP contribution in [0, 0.1) is 0 Å². The van der Waals surface area contributed by atoms with Crippen molar-refractivity contribution in [2.45, 2.75) is 44.3 Å². The third kappa shape index (κ3) is 4.39. The zero-order valence-corrected chi connectivity index (χ0v) is 19.5. The van der Waals surface area contributed by atoms with E-state index in [-0.39, 0.29) is 23.6 Å². The maximum absolute atomic E-state index is 12.5. The fourth-order valence-electron chi connectivity index (χ4n) is 5.12. The smallest absolute Gasteiger partial charge is 0.261 e. The molecular formula is C27H28N2O6. The normalized spacial score (nSPS) is 18.5. The van der Waals surface area contributed by atoms with E-state index < -0.39 is 5.79 Å². The molecule has 1 fully saturated rings. The highest BCUT2D eigenvalue weighted by Gasteiger charge is 2.38. The monoisotopic (exact) mass is 476 g/mol. The maximum Gasteiger partial charge on any atom is 0.261 e. The number of unbranched alkanes of at least 4 members (excludes halogenated alkanes) is 2. The second-order valence-electron chi connectivity index (χ2n) is 9.14. The first kappa shape index (κ1) is 23.4. The summed E-state index contributed by atoms with van der Waals surface area (Å²) in [6, 6.07) is 13.8. The van der Waals surface area contributed by atoms with Crippen LogP contribution >= 0.6 is 0 Å². The van der Waals surface area contributed by atoms with Crippen LogP contribution in [0.25, 0.3) is 0 Å². The van der Waals surface area contributed by atoms with E-state index in [4.69, 9.17) is 9.47 Å². The topological polar surface area (TPSA) is 93.2 Å². The SMILES string of the molecule is O=C1c2ccccc2C(=O)N1CCCCC1(CCCCN2C(=O)c3ccccc3C2=O)OCCO1. The Hall–Kier alpha value is -3.36. The van der Waals surface area contributed by atoms with Crippen molar-refractivity contribution in [3.63, 3.8) is 0 Å². The largest absolute Gasteiger partial charge is 0.348 e. The van der Waals surface area contributed by atoms with E-state index in [1.54, 1.807) is 48.5 Å². The summed E-state index contributed by atoms with van der Waals surface area (Å²) in [6.07, 6.45) is 4.12. The Balaban J connectivity index is 1.08. The number of ether oxygens (including phenoxy) is 2. The minimum atomic E-state index is -0.690. The van der Waals surface area contributed by atoms with E-state index in [1.165, 1.54) is 9.80 Å². The van der Waals surface area contributed by atoms with Crippen LogP contribution in [0.3, 0.4) is 0 Å². The van der Waals surface area contributed by atoms with Crippen molar-refractivity contribution in [3.05, 3.63) is 70.8 Å². The molecule has 3 aliphatic rings. The molecule has 182 valence electrons. The van der Waals surface area contributed by atoms with Crippen LogP contribution in [0.1, 0.15) is 80.0 Å². The fourth-order valence-corrected chi connectivity index (χ4v) is 5.12. The zero-order valence-electron chi connectivity index (χ0n) is 19.5. The van der Waals surface area contributed by atoms with Gasteiger partial charge in [-0.25, -0.2) is 0 Å². The van der Waals surface area contributed by atoms with E-state index >= 15 is 0 Å². The van der Waals surface area contributed by atoms with Crippen LogP contribution < -0.4 is 0 Å². The predicted octanol–water partition coefficient (Wildman–Crippen LogP) is 3.66. The molecule has 1 saturated heterocycles. The molecule has 0 radical (unpaired) electrons. The van der Waals surface area contributed by atoms with Gasteiger partial charge in [-0.05, 0) is 49.9 Å². The number of hydrogen-bond acceptors (Lipinski definition) is 6. The van der Waals surface area contributed by atoms with Crippen molar-refractivity contribution < 1.29 is 28.7 Å². The third-order valence-electron chi connectivity index (χ3n) is 6.95. The Morgan fingerprint density at radius 1 is 0.571 bits per heavy atom. The summed E-state index contributed by atoms with van der Waals surface area (Å²) >= 11 is 0. The van der Waals surface area contributed by atoms with Crippen molar-refractivity contribution in [1.82, 2.24) is 9.80 Å². The predicted molar refractivity (Wildman–Crippen MR) is 126 cm³/mol. The van der Waals surface area contributed by atoms with E-state index in [1.807, 2.05) is 0 Å². The molecule has 35 heavy (non-hydrogen) atoms. The van der Waals surface area contributed by atoms with Gasteiger partial charge in [0.15, 0.2) is 5.79 Å². The molecule has 3 heterocycles. The zero-order chi connectivity index (χ0) is 24.4. The summed E-state index contributed by atoms with van der Waals surface area (Å²) in [5.74, 6) is -1.63. The van der Waals surface area contributed by atoms with Crippen LogP contribution in [-0.4, -0.2) is 65.5 Å². The van der Waals surface area contributed by atoms with Gasteiger partial charge in [-0.3, -0.25) is 29.0 Å². The molecule has 8 nitrogen and oxygen atoms in total. The van der Waals surface area contributed by atoms with Crippen molar-refractivity contribution in [1.29, 1.82) is 0 Å². The van der Waals surface area contributed by atoms with Crippen LogP contribution in [-0.2, 0) is 9.47 Å². The number of rotatable bonds is 10. The molecule has 0 N–H and O–H groups in total. The number of benzene rings is 2. The number of carbonyl (C=O) groups excluding carboxylic acids is 4. The summed E-state index contributed by atoms with van der Waals surface area (Å²) < 4.78 is 11.9. The highest BCUT2D eigenvalue weighted by Crippen LogP contribution is 2.32. The van der Waals surface area contributed by atoms with Crippen LogP contribution in [0.4, 0.5) is 0 Å². The second kappa shape index (κ2) is 9.71. The number of imide groups is 2. The van der Waals surface area contributed by atoms with Crippen molar-refractivity contribution >= 4 is 23.6 Å². The Morgan fingerprint density at radius 2 is 0.914 bits per heavy atom. The number of fused-ring (bicyclic) bond motifs is 2. The Morgan fingerprint density at radius 3 is 1.26 bits per heavy atom. The lowest BCUT2D eigenvalue weighted by Crippen LogP contribution is -2.33. The Kier molecular flexibility index (Phi) is 6.49. The second-order valence-corrected chi connectivity index (χ2v) is 9.14. The number of amides is 4. The lowest BCUT2D eigenvalue weighted by molar-refractivity contribution is -0.168. The highest BCUT2D eigenvalue weighted by atomic mass is 16.7. The van der Waals surface area contributed by atoms with E-state index in [9.17, 15) is 19.2 Å². The first-order valence-corrected chi connectivity index (χ1v) is 12.2. The van der Waals surface area contributed by atoms with Crippen molar-refractivity contribution in [2.24, 2.45) is 0 Å². The molecule has 2 aromatic carbocycles. The van der Waals surface area contributed by atoms with E-state index in [0.29, 0.717) is 74.2 Å². The Labute approximate surface area is 203 Å². The van der Waals surface area contributed by atoms with Gasteiger partial charge in [0.2, 0.25) is 0 Å². The molecule has 5 rings (SSSR count). The van der Waals surface area contributed by atoms with Crippen LogP contribution in [0.5, 0.6) is 0 Å². The van der Waals surface area contributed by atoms with Crippen LogP contribution in [0.2, 0.25) is 0 Å². The molecule has 0 aliphatic carbocycles. The number of nitrogens with zero attached hydrogens (tertiary/aromatic N) is 2. The average molecular weight is 477 g/mol. The first-order valence-electron chi connectivity index (χ1n) is 12.2. The van der Waals surface area contributed by atoms with Gasteiger partial charge >= 0.3 is 0 Å². The third-order valence-corrected chi connectivity index (χ3v) is 6.95. The lowest BCUT2D eigenvalue weighted by Gasteiger charge is -2.28. The molecule has 0 aromatic heterocycles. The maximum atomic E-state index is 12.5. The lowest BCUT2D eigenvalue weighted by atomic mass is 10.0. The molecule has 0 unspecified atom stereocenters. The summed E-state index contributed by atoms with van der Waals surface area (Å²) in [7, 11) is 0. The number of carbonyl (C=O) groups is 4. The molecule has 3 aliphatic heterocycles. The van der Waals surface area contributed by atoms with Gasteiger partial charge in [-0.15, -0.1) is 0 Å². The molecule has 8 heteroatoms. The van der Waals surface area contributed by atoms with Gasteiger partial charge < -0.3 is 9.47 Å². The molecule has 4 amide bonds. The highest BCUT2D eigenvalue weighted by molar-refractivity contribution is 6.22. The van der Waals surface area contributed by atoms with Gasteiger partial charge in [0.1, 0.15) is 0 Å². The van der Waals surface area contributed by atoms with E-state index in [2.05, 4.69) is 0 Å². The molecular weight excluding hydrogens is 448 g/mol. The molecule has 2 aromatic rings. The van der Waals surface area contributed by atoms with Gasteiger partial charge in [-0.1, -0.05) is 24.3 Å². The molecule has 0 bridgehead atoms. The quantitative estimate of drug-likeness (QED) is 0.384. The molecule has 0 saturated carbocycles.